The molecule has 2 rings (SSSR count). The highest BCUT2D eigenvalue weighted by Crippen LogP contribution is 2.29. The number of aryl methyl sites for hydroxylation is 2. The van der Waals surface area contributed by atoms with Crippen molar-refractivity contribution in [3.05, 3.63) is 40.5 Å². The zero-order chi connectivity index (χ0) is 21.8. The molecule has 1 aromatic carbocycles. The van der Waals surface area contributed by atoms with Crippen molar-refractivity contribution in [3.63, 3.8) is 0 Å². The van der Waals surface area contributed by atoms with Gasteiger partial charge in [0.2, 0.25) is 0 Å². The van der Waals surface area contributed by atoms with Gasteiger partial charge >= 0.3 is 5.97 Å². The summed E-state index contributed by atoms with van der Waals surface area (Å²) < 4.78 is 17.0. The van der Waals surface area contributed by atoms with Gasteiger partial charge in [0.05, 0.1) is 18.3 Å². The lowest BCUT2D eigenvalue weighted by molar-refractivity contribution is -0.149. The Morgan fingerprint density at radius 1 is 1.21 bits per heavy atom. The predicted molar refractivity (Wildman–Crippen MR) is 118 cm³/mol. The molecule has 29 heavy (non-hydrogen) atoms. The molecule has 1 heterocycles. The summed E-state index contributed by atoms with van der Waals surface area (Å²) >= 11 is 0. The number of carbonyl (C=O) groups is 2. The maximum absolute atomic E-state index is 12.8. The number of esters is 1. The second kappa shape index (κ2) is 9.37. The molecule has 0 spiro atoms. The fourth-order valence-corrected chi connectivity index (χ4v) is 4.14. The molecule has 0 bridgehead atoms. The number of hydrogen-bond acceptors (Lipinski definition) is 5. The SMILES string of the molecule is Cc1cc(C)c(C(=O)OCC[Si](C)(C)C)c(/C=C/C[C@@H]2OC(C)(C)OC2C=O)c1. The van der Waals surface area contributed by atoms with E-state index >= 15 is 0 Å². The van der Waals surface area contributed by atoms with Crippen LogP contribution in [-0.2, 0) is 19.0 Å². The Labute approximate surface area is 175 Å². The molecule has 0 radical (unpaired) electrons. The van der Waals surface area contributed by atoms with Crippen molar-refractivity contribution in [1.82, 2.24) is 0 Å². The van der Waals surface area contributed by atoms with Crippen LogP contribution >= 0.6 is 0 Å². The van der Waals surface area contributed by atoms with Gasteiger partial charge < -0.3 is 19.0 Å². The van der Waals surface area contributed by atoms with E-state index in [9.17, 15) is 9.59 Å². The number of rotatable bonds is 8. The molecule has 0 amide bonds. The third-order valence-electron chi connectivity index (χ3n) is 4.82. The largest absolute Gasteiger partial charge is 0.462 e. The van der Waals surface area contributed by atoms with Crippen LogP contribution in [0.25, 0.3) is 6.08 Å². The van der Waals surface area contributed by atoms with Gasteiger partial charge in [-0.15, -0.1) is 0 Å². The van der Waals surface area contributed by atoms with Crippen molar-refractivity contribution in [2.75, 3.05) is 6.61 Å². The molecule has 160 valence electrons. The summed E-state index contributed by atoms with van der Waals surface area (Å²) in [5.41, 5.74) is 3.39. The Morgan fingerprint density at radius 3 is 2.52 bits per heavy atom. The third kappa shape index (κ3) is 6.91. The van der Waals surface area contributed by atoms with Gasteiger partial charge in [-0.25, -0.2) is 4.79 Å². The van der Waals surface area contributed by atoms with Gasteiger partial charge in [-0.2, -0.15) is 0 Å². The molecule has 1 aromatic rings. The van der Waals surface area contributed by atoms with Crippen LogP contribution in [0.2, 0.25) is 25.7 Å². The van der Waals surface area contributed by atoms with Crippen LogP contribution in [0.3, 0.4) is 0 Å². The Morgan fingerprint density at radius 2 is 1.90 bits per heavy atom. The van der Waals surface area contributed by atoms with E-state index in [0.29, 0.717) is 18.6 Å². The van der Waals surface area contributed by atoms with E-state index in [2.05, 4.69) is 19.6 Å². The minimum atomic E-state index is -1.26. The van der Waals surface area contributed by atoms with Crippen LogP contribution in [-0.4, -0.2) is 44.9 Å². The highest BCUT2D eigenvalue weighted by Gasteiger charge is 2.40. The predicted octanol–water partition coefficient (Wildman–Crippen LogP) is 4.92. The zero-order valence-corrected chi connectivity index (χ0v) is 19.7. The fourth-order valence-electron chi connectivity index (χ4n) is 3.42. The van der Waals surface area contributed by atoms with E-state index in [1.807, 2.05) is 38.1 Å². The highest BCUT2D eigenvalue weighted by molar-refractivity contribution is 6.76. The number of aldehydes is 1. The first-order valence-corrected chi connectivity index (χ1v) is 13.9. The summed E-state index contributed by atoms with van der Waals surface area (Å²) in [7, 11) is -1.26. The van der Waals surface area contributed by atoms with E-state index in [0.717, 1.165) is 29.0 Å². The van der Waals surface area contributed by atoms with Crippen molar-refractivity contribution in [2.24, 2.45) is 0 Å². The van der Waals surface area contributed by atoms with Crippen molar-refractivity contribution < 1.29 is 23.8 Å². The molecule has 0 aliphatic carbocycles. The van der Waals surface area contributed by atoms with E-state index < -0.39 is 20.0 Å². The summed E-state index contributed by atoms with van der Waals surface area (Å²) in [6, 6.07) is 4.91. The molecule has 0 aromatic heterocycles. The van der Waals surface area contributed by atoms with Gasteiger partial charge in [-0.05, 0) is 51.3 Å². The molecular formula is C23H34O5Si. The van der Waals surface area contributed by atoms with Gasteiger partial charge in [-0.3, -0.25) is 0 Å². The van der Waals surface area contributed by atoms with Gasteiger partial charge in [-0.1, -0.05) is 49.5 Å². The minimum absolute atomic E-state index is 0.284. The number of ether oxygens (including phenoxy) is 3. The van der Waals surface area contributed by atoms with Crippen LogP contribution in [0.15, 0.2) is 18.2 Å². The number of benzene rings is 1. The molecule has 1 saturated heterocycles. The smallest absolute Gasteiger partial charge is 0.338 e. The van der Waals surface area contributed by atoms with Crippen molar-refractivity contribution in [1.29, 1.82) is 0 Å². The van der Waals surface area contributed by atoms with E-state index in [4.69, 9.17) is 14.2 Å². The van der Waals surface area contributed by atoms with Crippen molar-refractivity contribution in [2.45, 2.75) is 77.8 Å². The quantitative estimate of drug-likeness (QED) is 0.341. The van der Waals surface area contributed by atoms with Crippen LogP contribution in [0.4, 0.5) is 0 Å². The topological polar surface area (TPSA) is 61.8 Å². The summed E-state index contributed by atoms with van der Waals surface area (Å²) in [6.45, 7) is 14.8. The van der Waals surface area contributed by atoms with E-state index in [1.165, 1.54) is 0 Å². The van der Waals surface area contributed by atoms with E-state index in [1.54, 1.807) is 13.8 Å². The Balaban J connectivity index is 2.14. The summed E-state index contributed by atoms with van der Waals surface area (Å²) in [6.07, 6.45) is 4.22. The molecule has 1 aliphatic heterocycles. The van der Waals surface area contributed by atoms with Crippen LogP contribution in [0.1, 0.15) is 47.3 Å². The first-order valence-electron chi connectivity index (χ1n) is 10.2. The highest BCUT2D eigenvalue weighted by atomic mass is 28.3. The normalized spacial score (nSPS) is 21.5. The maximum atomic E-state index is 12.8. The molecule has 1 aliphatic rings. The molecule has 2 atom stereocenters. The molecular weight excluding hydrogens is 384 g/mol. The summed E-state index contributed by atoms with van der Waals surface area (Å²) in [4.78, 5) is 24.0. The Kier molecular flexibility index (Phi) is 7.60. The standard InChI is InChI=1S/C23H34O5Si/c1-16-13-17(2)21(22(25)26-11-12-29(5,6)7)18(14-16)9-8-10-19-20(15-24)28-23(3,4)27-19/h8-9,13-15,19-20H,10-12H2,1-7H3/b9-8+/t19-,20?/m0/s1. The van der Waals surface area contributed by atoms with Crippen LogP contribution in [0.5, 0.6) is 0 Å². The van der Waals surface area contributed by atoms with E-state index in [-0.39, 0.29) is 12.1 Å². The minimum Gasteiger partial charge on any atom is -0.462 e. The zero-order valence-electron chi connectivity index (χ0n) is 18.7. The summed E-state index contributed by atoms with van der Waals surface area (Å²) in [5.74, 6) is -1.05. The first-order chi connectivity index (χ1) is 13.4. The molecule has 6 heteroatoms. The van der Waals surface area contributed by atoms with Gasteiger partial charge in [0.25, 0.3) is 0 Å². The Hall–Kier alpha value is -1.76. The first kappa shape index (κ1) is 23.5. The van der Waals surface area contributed by atoms with Crippen molar-refractivity contribution in [3.8, 4) is 0 Å². The molecule has 0 saturated carbocycles. The monoisotopic (exact) mass is 418 g/mol. The summed E-state index contributed by atoms with van der Waals surface area (Å²) in [5, 5.41) is 0. The number of carbonyl (C=O) groups excluding carboxylic acids is 2. The average Bonchev–Trinajstić information content (AvgIpc) is 2.87. The maximum Gasteiger partial charge on any atom is 0.338 e. The second-order valence-electron chi connectivity index (χ2n) is 9.41. The number of hydrogen-bond donors (Lipinski definition) is 0. The van der Waals surface area contributed by atoms with Gasteiger partial charge in [0.15, 0.2) is 12.1 Å². The van der Waals surface area contributed by atoms with Crippen LogP contribution in [0, 0.1) is 13.8 Å². The molecule has 5 nitrogen and oxygen atoms in total. The second-order valence-corrected chi connectivity index (χ2v) is 15.0. The lowest BCUT2D eigenvalue weighted by atomic mass is 9.98. The molecule has 1 fully saturated rings. The third-order valence-corrected chi connectivity index (χ3v) is 6.53. The Bertz CT molecular complexity index is 776. The van der Waals surface area contributed by atoms with Gasteiger partial charge in [0, 0.05) is 8.07 Å². The lowest BCUT2D eigenvalue weighted by Gasteiger charge is -2.17. The van der Waals surface area contributed by atoms with Crippen molar-refractivity contribution >= 4 is 26.4 Å². The van der Waals surface area contributed by atoms with Crippen LogP contribution < -0.4 is 0 Å². The molecule has 0 N–H and O–H groups in total. The van der Waals surface area contributed by atoms with Gasteiger partial charge in [0.1, 0.15) is 6.10 Å². The lowest BCUT2D eigenvalue weighted by Crippen LogP contribution is -2.23. The molecule has 1 unspecified atom stereocenters. The average molecular weight is 419 g/mol. The fraction of sp³-hybridized carbons (Fsp3) is 0.565.